The molecule has 0 atom stereocenters. The summed E-state index contributed by atoms with van der Waals surface area (Å²) in [7, 11) is 1.62. The molecule has 8 heteroatoms. The van der Waals surface area contributed by atoms with E-state index < -0.39 is 6.36 Å². The minimum atomic E-state index is -4.73. The van der Waals surface area contributed by atoms with E-state index in [0.29, 0.717) is 11.3 Å². The first-order valence-electron chi connectivity index (χ1n) is 8.01. The van der Waals surface area contributed by atoms with E-state index in [0.717, 1.165) is 5.69 Å². The minimum Gasteiger partial charge on any atom is -0.406 e. The number of alkyl halides is 3. The predicted octanol–water partition coefficient (Wildman–Crippen LogP) is 4.04. The Morgan fingerprint density at radius 2 is 1.78 bits per heavy atom. The molecule has 0 bridgehead atoms. The summed E-state index contributed by atoms with van der Waals surface area (Å²) in [6, 6.07) is 14.7. The molecule has 0 saturated heterocycles. The summed E-state index contributed by atoms with van der Waals surface area (Å²) in [5.41, 5.74) is 1.87. The monoisotopic (exact) mass is 375 g/mol. The lowest BCUT2D eigenvalue weighted by Crippen LogP contribution is -2.28. The molecule has 0 aliphatic rings. The van der Waals surface area contributed by atoms with Crippen LogP contribution in [0.15, 0.2) is 67.1 Å². The molecule has 0 N–H and O–H groups in total. The number of imidazole rings is 1. The van der Waals surface area contributed by atoms with Crippen LogP contribution in [-0.2, 0) is 6.54 Å². The van der Waals surface area contributed by atoms with Crippen LogP contribution in [0.1, 0.15) is 16.1 Å². The Morgan fingerprint density at radius 1 is 1.11 bits per heavy atom. The highest BCUT2D eigenvalue weighted by Gasteiger charge is 2.31. The zero-order valence-corrected chi connectivity index (χ0v) is 14.3. The topological polar surface area (TPSA) is 47.4 Å². The number of nitrogens with zero attached hydrogens (tertiary/aromatic N) is 3. The number of hydrogen-bond donors (Lipinski definition) is 0. The van der Waals surface area contributed by atoms with Gasteiger partial charge in [0.25, 0.3) is 5.91 Å². The van der Waals surface area contributed by atoms with Gasteiger partial charge in [-0.25, -0.2) is 4.98 Å². The van der Waals surface area contributed by atoms with Gasteiger partial charge in [0.1, 0.15) is 11.4 Å². The van der Waals surface area contributed by atoms with Crippen LogP contribution in [0.25, 0.3) is 5.69 Å². The number of ether oxygens (including phenoxy) is 1. The molecule has 2 aromatic carbocycles. The summed E-state index contributed by atoms with van der Waals surface area (Å²) in [4.78, 5) is 18.3. The Morgan fingerprint density at radius 3 is 2.41 bits per heavy atom. The van der Waals surface area contributed by atoms with Crippen molar-refractivity contribution in [3.63, 3.8) is 0 Å². The number of para-hydroxylation sites is 1. The van der Waals surface area contributed by atoms with E-state index in [-0.39, 0.29) is 18.2 Å². The number of carbonyl (C=O) groups is 1. The van der Waals surface area contributed by atoms with Crippen LogP contribution >= 0.6 is 0 Å². The van der Waals surface area contributed by atoms with E-state index in [1.807, 2.05) is 30.3 Å². The molecule has 1 aromatic heterocycles. The van der Waals surface area contributed by atoms with Gasteiger partial charge in [-0.1, -0.05) is 30.3 Å². The van der Waals surface area contributed by atoms with Crippen LogP contribution in [0.4, 0.5) is 13.2 Å². The molecular weight excluding hydrogens is 359 g/mol. The zero-order valence-electron chi connectivity index (χ0n) is 14.3. The highest BCUT2D eigenvalue weighted by atomic mass is 19.4. The summed E-state index contributed by atoms with van der Waals surface area (Å²) in [5.74, 6) is -0.561. The van der Waals surface area contributed by atoms with Crippen molar-refractivity contribution < 1.29 is 22.7 Å². The van der Waals surface area contributed by atoms with E-state index in [9.17, 15) is 18.0 Å². The van der Waals surface area contributed by atoms with Gasteiger partial charge in [0.05, 0.1) is 12.5 Å². The molecule has 0 radical (unpaired) electrons. The Balaban J connectivity index is 1.71. The summed E-state index contributed by atoms with van der Waals surface area (Å²) in [5, 5.41) is 0. The molecule has 0 aliphatic carbocycles. The van der Waals surface area contributed by atoms with Crippen LogP contribution in [0.2, 0.25) is 0 Å². The van der Waals surface area contributed by atoms with Gasteiger partial charge >= 0.3 is 6.36 Å². The van der Waals surface area contributed by atoms with Crippen molar-refractivity contribution in [2.75, 3.05) is 7.05 Å². The van der Waals surface area contributed by atoms with E-state index in [4.69, 9.17) is 0 Å². The van der Waals surface area contributed by atoms with E-state index in [1.54, 1.807) is 17.9 Å². The highest BCUT2D eigenvalue weighted by Crippen LogP contribution is 2.23. The lowest BCUT2D eigenvalue weighted by Gasteiger charge is -2.18. The molecule has 0 unspecified atom stereocenters. The maximum atomic E-state index is 12.8. The summed E-state index contributed by atoms with van der Waals surface area (Å²) in [6.45, 7) is 0.227. The van der Waals surface area contributed by atoms with Gasteiger partial charge in [-0.05, 0) is 29.8 Å². The van der Waals surface area contributed by atoms with Gasteiger partial charge in [-0.15, -0.1) is 13.2 Å². The smallest absolute Gasteiger partial charge is 0.406 e. The van der Waals surface area contributed by atoms with E-state index in [1.165, 1.54) is 35.4 Å². The van der Waals surface area contributed by atoms with Crippen molar-refractivity contribution in [1.29, 1.82) is 0 Å². The third-order valence-corrected chi connectivity index (χ3v) is 3.82. The van der Waals surface area contributed by atoms with Gasteiger partial charge < -0.3 is 9.64 Å². The molecule has 140 valence electrons. The highest BCUT2D eigenvalue weighted by molar-refractivity contribution is 5.92. The van der Waals surface area contributed by atoms with Crippen LogP contribution in [0, 0.1) is 0 Å². The Kier molecular flexibility index (Phi) is 5.16. The lowest BCUT2D eigenvalue weighted by atomic mass is 10.2. The zero-order chi connectivity index (χ0) is 19.4. The molecule has 0 fully saturated rings. The van der Waals surface area contributed by atoms with Crippen LogP contribution in [0.5, 0.6) is 5.75 Å². The quantitative estimate of drug-likeness (QED) is 0.676. The normalized spacial score (nSPS) is 11.3. The van der Waals surface area contributed by atoms with E-state index in [2.05, 4.69) is 9.72 Å². The number of aromatic nitrogens is 2. The third-order valence-electron chi connectivity index (χ3n) is 3.82. The average molecular weight is 375 g/mol. The number of carbonyl (C=O) groups excluding carboxylic acids is 1. The van der Waals surface area contributed by atoms with Gasteiger partial charge in [-0.2, -0.15) is 0 Å². The van der Waals surface area contributed by atoms with Crippen LogP contribution < -0.4 is 4.74 Å². The molecule has 1 heterocycles. The molecule has 0 saturated carbocycles. The van der Waals surface area contributed by atoms with Crippen molar-refractivity contribution in [1.82, 2.24) is 14.5 Å². The second-order valence-electron chi connectivity index (χ2n) is 5.84. The molecule has 3 rings (SSSR count). The van der Waals surface area contributed by atoms with Gasteiger partial charge in [0, 0.05) is 19.3 Å². The van der Waals surface area contributed by atoms with Gasteiger partial charge in [0.2, 0.25) is 0 Å². The van der Waals surface area contributed by atoms with Crippen molar-refractivity contribution in [3.8, 4) is 11.4 Å². The van der Waals surface area contributed by atoms with Gasteiger partial charge in [0.15, 0.2) is 0 Å². The fraction of sp³-hybridized carbons (Fsp3) is 0.158. The number of rotatable bonds is 5. The third kappa shape index (κ3) is 4.66. The molecule has 5 nitrogen and oxygen atoms in total. The molecular formula is C19H16F3N3O2. The predicted molar refractivity (Wildman–Crippen MR) is 92.5 cm³/mol. The Bertz CT molecular complexity index is 906. The molecule has 0 aliphatic heterocycles. The van der Waals surface area contributed by atoms with Gasteiger partial charge in [-0.3, -0.25) is 9.36 Å². The summed E-state index contributed by atoms with van der Waals surface area (Å²) in [6.07, 6.45) is -1.70. The number of hydrogen-bond acceptors (Lipinski definition) is 3. The number of benzene rings is 2. The fourth-order valence-corrected chi connectivity index (χ4v) is 2.59. The maximum absolute atomic E-state index is 12.8. The SMILES string of the molecule is CN(Cc1ccc(OC(F)(F)F)cc1)C(=O)c1cncn1-c1ccccc1. The van der Waals surface area contributed by atoms with E-state index >= 15 is 0 Å². The minimum absolute atomic E-state index is 0.227. The Labute approximate surface area is 153 Å². The number of halogens is 3. The van der Waals surface area contributed by atoms with Crippen molar-refractivity contribution in [2.45, 2.75) is 12.9 Å². The molecule has 3 aromatic rings. The number of amides is 1. The van der Waals surface area contributed by atoms with Crippen molar-refractivity contribution >= 4 is 5.91 Å². The largest absolute Gasteiger partial charge is 0.573 e. The maximum Gasteiger partial charge on any atom is 0.573 e. The molecule has 1 amide bonds. The van der Waals surface area contributed by atoms with Crippen molar-refractivity contribution in [2.24, 2.45) is 0 Å². The standard InChI is InChI=1S/C19H16F3N3O2/c1-24(12-14-7-9-16(10-8-14)27-19(20,21)22)18(26)17-11-23-13-25(17)15-5-3-2-4-6-15/h2-11,13H,12H2,1H3. The summed E-state index contributed by atoms with van der Waals surface area (Å²) >= 11 is 0. The average Bonchev–Trinajstić information content (AvgIpc) is 3.12. The van der Waals surface area contributed by atoms with Crippen molar-refractivity contribution in [3.05, 3.63) is 78.4 Å². The first kappa shape index (κ1) is 18.5. The fourth-order valence-electron chi connectivity index (χ4n) is 2.59. The summed E-state index contributed by atoms with van der Waals surface area (Å²) < 4.78 is 42.1. The lowest BCUT2D eigenvalue weighted by molar-refractivity contribution is -0.274. The van der Waals surface area contributed by atoms with Crippen LogP contribution in [0.3, 0.4) is 0 Å². The second kappa shape index (κ2) is 7.53. The first-order chi connectivity index (χ1) is 12.8. The first-order valence-corrected chi connectivity index (χ1v) is 8.01. The second-order valence-corrected chi connectivity index (χ2v) is 5.84. The molecule has 0 spiro atoms. The Hall–Kier alpha value is -3.29. The van der Waals surface area contributed by atoms with Crippen LogP contribution in [-0.4, -0.2) is 33.8 Å². The molecule has 27 heavy (non-hydrogen) atoms.